The maximum atomic E-state index is 12.5. The Morgan fingerprint density at radius 2 is 1.93 bits per heavy atom. The number of rotatable bonds is 5. The number of hydrogen-bond donors (Lipinski definition) is 1. The van der Waals surface area contributed by atoms with E-state index in [1.54, 1.807) is 4.90 Å². The quantitative estimate of drug-likeness (QED) is 0.673. The molecule has 148 valence electrons. The van der Waals surface area contributed by atoms with Crippen molar-refractivity contribution in [1.82, 2.24) is 9.97 Å². The fourth-order valence-electron chi connectivity index (χ4n) is 3.50. The number of ether oxygens (including phenoxy) is 1. The summed E-state index contributed by atoms with van der Waals surface area (Å²) in [7, 11) is 0. The third kappa shape index (κ3) is 3.89. The van der Waals surface area contributed by atoms with Crippen LogP contribution >= 0.6 is 0 Å². The van der Waals surface area contributed by atoms with Crippen LogP contribution in [0.15, 0.2) is 48.5 Å². The zero-order chi connectivity index (χ0) is 20.4. The number of carbonyl (C=O) groups is 2. The van der Waals surface area contributed by atoms with Crippen molar-refractivity contribution in [3.05, 3.63) is 59.9 Å². The fraction of sp³-hybridized carbons (Fsp3) is 0.273. The molecule has 0 aliphatic carbocycles. The molecular formula is C22H22N4O3. The number of hydrogen-bond acceptors (Lipinski definition) is 6. The Balaban J connectivity index is 1.41. The van der Waals surface area contributed by atoms with Gasteiger partial charge in [-0.05, 0) is 36.2 Å². The second-order valence-corrected chi connectivity index (χ2v) is 7.08. The molecule has 1 aliphatic rings. The number of esters is 1. The minimum atomic E-state index is -0.508. The van der Waals surface area contributed by atoms with Crippen molar-refractivity contribution in [2.75, 3.05) is 17.2 Å². The van der Waals surface area contributed by atoms with Gasteiger partial charge >= 0.3 is 5.97 Å². The molecule has 7 nitrogen and oxygen atoms in total. The van der Waals surface area contributed by atoms with Gasteiger partial charge in [0.25, 0.3) is 0 Å². The number of fused-ring (bicyclic) bond motifs is 1. The zero-order valence-electron chi connectivity index (χ0n) is 16.2. The van der Waals surface area contributed by atoms with Gasteiger partial charge in [0.15, 0.2) is 12.4 Å². The largest absolute Gasteiger partial charge is 0.457 e. The average Bonchev–Trinajstić information content (AvgIpc) is 3.14. The van der Waals surface area contributed by atoms with Crippen molar-refractivity contribution in [1.29, 1.82) is 0 Å². The highest BCUT2D eigenvalue weighted by Crippen LogP contribution is 2.26. The highest BCUT2D eigenvalue weighted by atomic mass is 16.5. The van der Waals surface area contributed by atoms with Crippen LogP contribution in [0.25, 0.3) is 10.9 Å². The summed E-state index contributed by atoms with van der Waals surface area (Å²) in [5.74, 6) is -0.333. The van der Waals surface area contributed by atoms with E-state index in [-0.39, 0.29) is 18.9 Å². The number of anilines is 2. The third-order valence-corrected chi connectivity index (χ3v) is 5.14. The van der Waals surface area contributed by atoms with Crippen LogP contribution in [0.1, 0.15) is 24.7 Å². The third-order valence-electron chi connectivity index (χ3n) is 5.14. The average molecular weight is 390 g/mol. The summed E-state index contributed by atoms with van der Waals surface area (Å²) < 4.78 is 5.39. The highest BCUT2D eigenvalue weighted by Gasteiger charge is 2.36. The van der Waals surface area contributed by atoms with Crippen molar-refractivity contribution in [2.24, 2.45) is 5.92 Å². The van der Waals surface area contributed by atoms with E-state index in [4.69, 9.17) is 10.5 Å². The van der Waals surface area contributed by atoms with Crippen LogP contribution in [0.3, 0.4) is 0 Å². The summed E-state index contributed by atoms with van der Waals surface area (Å²) in [5.41, 5.74) is 8.66. The van der Waals surface area contributed by atoms with Gasteiger partial charge in [-0.1, -0.05) is 31.2 Å². The van der Waals surface area contributed by atoms with E-state index in [9.17, 15) is 9.59 Å². The standard InChI is InChI=1S/C22H22N4O3/c1-2-14-7-9-16(10-8-14)26-12-15(11-20(26)27)22(28)29-13-19-24-18-6-4-3-5-17(18)21(23)25-19/h3-10,15H,2,11-13H2,1H3,(H2,23,24,25)/t15-/m1/s1. The lowest BCUT2D eigenvalue weighted by Crippen LogP contribution is -2.26. The fourth-order valence-corrected chi connectivity index (χ4v) is 3.50. The van der Waals surface area contributed by atoms with Crippen molar-refractivity contribution < 1.29 is 14.3 Å². The van der Waals surface area contributed by atoms with Gasteiger partial charge in [-0.2, -0.15) is 0 Å². The molecule has 0 radical (unpaired) electrons. The second-order valence-electron chi connectivity index (χ2n) is 7.08. The smallest absolute Gasteiger partial charge is 0.311 e. The van der Waals surface area contributed by atoms with Gasteiger partial charge in [0, 0.05) is 24.0 Å². The molecule has 0 bridgehead atoms. The SMILES string of the molecule is CCc1ccc(N2C[C@H](C(=O)OCc3nc(N)c4ccccc4n3)CC2=O)cc1. The van der Waals surface area contributed by atoms with Crippen molar-refractivity contribution in [3.63, 3.8) is 0 Å². The van der Waals surface area contributed by atoms with Crippen LogP contribution in [-0.2, 0) is 27.4 Å². The Kier molecular flexibility index (Phi) is 5.12. The molecular weight excluding hydrogens is 368 g/mol. The Labute approximate surface area is 168 Å². The van der Waals surface area contributed by atoms with Crippen LogP contribution < -0.4 is 10.6 Å². The van der Waals surface area contributed by atoms with Crippen molar-refractivity contribution >= 4 is 34.3 Å². The van der Waals surface area contributed by atoms with Gasteiger partial charge in [0.1, 0.15) is 5.82 Å². The number of nitrogens with two attached hydrogens (primary N) is 1. The van der Waals surface area contributed by atoms with Crippen LogP contribution in [-0.4, -0.2) is 28.4 Å². The summed E-state index contributed by atoms with van der Waals surface area (Å²) in [5, 5.41) is 0.758. The molecule has 1 amide bonds. The van der Waals surface area contributed by atoms with E-state index in [2.05, 4.69) is 16.9 Å². The minimum absolute atomic E-state index is 0.0796. The first kappa shape index (κ1) is 18.9. The summed E-state index contributed by atoms with van der Waals surface area (Å²) in [6.07, 6.45) is 1.07. The van der Waals surface area contributed by atoms with Gasteiger partial charge in [-0.25, -0.2) is 9.97 Å². The first-order chi connectivity index (χ1) is 14.0. The topological polar surface area (TPSA) is 98.4 Å². The lowest BCUT2D eigenvalue weighted by Gasteiger charge is -2.17. The van der Waals surface area contributed by atoms with E-state index in [1.165, 1.54) is 5.56 Å². The van der Waals surface area contributed by atoms with Crippen LogP contribution in [0.5, 0.6) is 0 Å². The highest BCUT2D eigenvalue weighted by molar-refractivity contribution is 5.99. The molecule has 0 spiro atoms. The van der Waals surface area contributed by atoms with Gasteiger partial charge in [-0.15, -0.1) is 0 Å². The summed E-state index contributed by atoms with van der Waals surface area (Å²) in [6.45, 7) is 2.31. The molecule has 2 heterocycles. The Morgan fingerprint density at radius 3 is 2.69 bits per heavy atom. The summed E-state index contributed by atoms with van der Waals surface area (Å²) in [4.78, 5) is 35.1. The number of nitrogens with zero attached hydrogens (tertiary/aromatic N) is 3. The van der Waals surface area contributed by atoms with Gasteiger partial charge in [0.05, 0.1) is 11.4 Å². The Bertz CT molecular complexity index is 1070. The monoisotopic (exact) mass is 390 g/mol. The molecule has 0 unspecified atom stereocenters. The maximum Gasteiger partial charge on any atom is 0.311 e. The van der Waals surface area contributed by atoms with E-state index in [0.29, 0.717) is 23.7 Å². The summed E-state index contributed by atoms with van der Waals surface area (Å²) in [6, 6.07) is 15.2. The number of aromatic nitrogens is 2. The zero-order valence-corrected chi connectivity index (χ0v) is 16.2. The molecule has 0 saturated carbocycles. The number of carbonyl (C=O) groups excluding carboxylic acids is 2. The number of nitrogen functional groups attached to an aromatic ring is 1. The van der Waals surface area contributed by atoms with Gasteiger partial charge in [-0.3, -0.25) is 9.59 Å². The molecule has 29 heavy (non-hydrogen) atoms. The van der Waals surface area contributed by atoms with Crippen LogP contribution in [0.2, 0.25) is 0 Å². The minimum Gasteiger partial charge on any atom is -0.457 e. The molecule has 7 heteroatoms. The lowest BCUT2D eigenvalue weighted by atomic mass is 10.1. The lowest BCUT2D eigenvalue weighted by molar-refractivity contribution is -0.149. The van der Waals surface area contributed by atoms with Gasteiger partial charge in [0.2, 0.25) is 5.91 Å². The van der Waals surface area contributed by atoms with E-state index >= 15 is 0 Å². The second kappa shape index (κ2) is 7.87. The molecule has 1 aliphatic heterocycles. The predicted octanol–water partition coefficient (Wildman–Crippen LogP) is 2.87. The molecule has 1 aromatic heterocycles. The molecule has 4 rings (SSSR count). The first-order valence-corrected chi connectivity index (χ1v) is 9.62. The van der Waals surface area contributed by atoms with E-state index in [0.717, 1.165) is 17.5 Å². The van der Waals surface area contributed by atoms with Crippen LogP contribution in [0.4, 0.5) is 11.5 Å². The predicted molar refractivity (Wildman–Crippen MR) is 110 cm³/mol. The van der Waals surface area contributed by atoms with Crippen molar-refractivity contribution in [2.45, 2.75) is 26.4 Å². The van der Waals surface area contributed by atoms with Gasteiger partial charge < -0.3 is 15.4 Å². The first-order valence-electron chi connectivity index (χ1n) is 9.62. The molecule has 2 aromatic carbocycles. The number of para-hydroxylation sites is 1. The Hall–Kier alpha value is -3.48. The molecule has 2 N–H and O–H groups in total. The number of amides is 1. The Morgan fingerprint density at radius 1 is 1.17 bits per heavy atom. The molecule has 3 aromatic rings. The number of benzene rings is 2. The summed E-state index contributed by atoms with van der Waals surface area (Å²) >= 11 is 0. The van der Waals surface area contributed by atoms with Crippen LogP contribution in [0, 0.1) is 5.92 Å². The van der Waals surface area contributed by atoms with Crippen molar-refractivity contribution in [3.8, 4) is 0 Å². The molecule has 1 saturated heterocycles. The van der Waals surface area contributed by atoms with E-state index in [1.807, 2.05) is 48.5 Å². The number of aryl methyl sites for hydroxylation is 1. The normalized spacial score (nSPS) is 16.4. The molecule has 1 atom stereocenters. The molecule has 1 fully saturated rings. The maximum absolute atomic E-state index is 12.5. The van der Waals surface area contributed by atoms with E-state index < -0.39 is 11.9 Å².